The van der Waals surface area contributed by atoms with Crippen molar-refractivity contribution in [2.45, 2.75) is 13.3 Å². The molecule has 0 amide bonds. The summed E-state index contributed by atoms with van der Waals surface area (Å²) in [4.78, 5) is 10.6. The van der Waals surface area contributed by atoms with E-state index in [9.17, 15) is 0 Å². The van der Waals surface area contributed by atoms with Crippen LogP contribution in [0.4, 0.5) is 5.82 Å². The van der Waals surface area contributed by atoms with Gasteiger partial charge in [0.2, 0.25) is 0 Å². The average molecular weight is 242 g/mol. The lowest BCUT2D eigenvalue weighted by atomic mass is 10.2. The molecule has 0 N–H and O–H groups in total. The van der Waals surface area contributed by atoms with Gasteiger partial charge in [0.1, 0.15) is 16.7 Å². The molecule has 1 unspecified atom stereocenters. The summed E-state index contributed by atoms with van der Waals surface area (Å²) < 4.78 is 0.858. The van der Waals surface area contributed by atoms with Gasteiger partial charge in [0.25, 0.3) is 0 Å². The first-order valence-corrected chi connectivity index (χ1v) is 5.27. The number of aromatic nitrogens is 2. The maximum absolute atomic E-state index is 4.24. The lowest BCUT2D eigenvalue weighted by Gasteiger charge is -2.16. The molecule has 0 bridgehead atoms. The lowest BCUT2D eigenvalue weighted by molar-refractivity contribution is 0.659. The Labute approximate surface area is 86.3 Å². The van der Waals surface area contributed by atoms with Crippen LogP contribution in [0, 0.1) is 5.92 Å². The molecule has 1 aromatic heterocycles. The van der Waals surface area contributed by atoms with Crippen molar-refractivity contribution in [2.24, 2.45) is 5.92 Å². The Morgan fingerprint density at radius 2 is 2.38 bits per heavy atom. The van der Waals surface area contributed by atoms with E-state index in [2.05, 4.69) is 37.7 Å². The molecule has 0 aliphatic carbocycles. The third-order valence-corrected chi connectivity index (χ3v) is 2.80. The van der Waals surface area contributed by atoms with E-state index in [-0.39, 0.29) is 0 Å². The monoisotopic (exact) mass is 241 g/mol. The standard InChI is InChI=1S/C9H12BrN3/c1-7-2-3-13(5-7)9-4-8(10)11-6-12-9/h4,6-7H,2-3,5H2,1H3. The highest BCUT2D eigenvalue weighted by molar-refractivity contribution is 9.10. The summed E-state index contributed by atoms with van der Waals surface area (Å²) in [7, 11) is 0. The zero-order valence-electron chi connectivity index (χ0n) is 7.57. The van der Waals surface area contributed by atoms with E-state index in [0.717, 1.165) is 29.4 Å². The third kappa shape index (κ3) is 1.99. The minimum atomic E-state index is 0.786. The highest BCUT2D eigenvalue weighted by atomic mass is 79.9. The van der Waals surface area contributed by atoms with Crippen LogP contribution in [0.1, 0.15) is 13.3 Å². The minimum Gasteiger partial charge on any atom is -0.356 e. The fraction of sp³-hybridized carbons (Fsp3) is 0.556. The Hall–Kier alpha value is -0.640. The van der Waals surface area contributed by atoms with Gasteiger partial charge in [-0.2, -0.15) is 0 Å². The summed E-state index contributed by atoms with van der Waals surface area (Å²) in [6.07, 6.45) is 2.87. The Morgan fingerprint density at radius 3 is 3.00 bits per heavy atom. The molecule has 0 radical (unpaired) electrons. The van der Waals surface area contributed by atoms with Crippen LogP contribution < -0.4 is 4.90 Å². The largest absolute Gasteiger partial charge is 0.356 e. The van der Waals surface area contributed by atoms with Crippen LogP contribution in [-0.4, -0.2) is 23.1 Å². The first kappa shape index (κ1) is 8.94. The van der Waals surface area contributed by atoms with Gasteiger partial charge >= 0.3 is 0 Å². The summed E-state index contributed by atoms with van der Waals surface area (Å²) in [5.74, 6) is 1.82. The molecule has 4 heteroatoms. The van der Waals surface area contributed by atoms with Gasteiger partial charge < -0.3 is 4.90 Å². The van der Waals surface area contributed by atoms with Crippen molar-refractivity contribution in [1.29, 1.82) is 0 Å². The van der Waals surface area contributed by atoms with Crippen LogP contribution in [0.15, 0.2) is 17.0 Å². The van der Waals surface area contributed by atoms with E-state index in [1.54, 1.807) is 6.33 Å². The number of hydrogen-bond acceptors (Lipinski definition) is 3. The number of halogens is 1. The zero-order valence-corrected chi connectivity index (χ0v) is 9.16. The van der Waals surface area contributed by atoms with Crippen molar-refractivity contribution in [2.75, 3.05) is 18.0 Å². The molecule has 1 aliphatic rings. The molecule has 3 nitrogen and oxygen atoms in total. The summed E-state index contributed by atoms with van der Waals surface area (Å²) in [5.41, 5.74) is 0. The quantitative estimate of drug-likeness (QED) is 0.706. The molecular formula is C9H12BrN3. The van der Waals surface area contributed by atoms with Crippen molar-refractivity contribution in [1.82, 2.24) is 9.97 Å². The lowest BCUT2D eigenvalue weighted by Crippen LogP contribution is -2.20. The van der Waals surface area contributed by atoms with Crippen LogP contribution in [0.5, 0.6) is 0 Å². The Morgan fingerprint density at radius 1 is 1.54 bits per heavy atom. The molecule has 2 heterocycles. The van der Waals surface area contributed by atoms with E-state index >= 15 is 0 Å². The fourth-order valence-electron chi connectivity index (χ4n) is 1.64. The molecule has 0 saturated carbocycles. The highest BCUT2D eigenvalue weighted by Crippen LogP contribution is 2.22. The van der Waals surface area contributed by atoms with Crippen LogP contribution in [0.3, 0.4) is 0 Å². The average Bonchev–Trinajstić information content (AvgIpc) is 2.52. The maximum atomic E-state index is 4.24. The van der Waals surface area contributed by atoms with E-state index < -0.39 is 0 Å². The SMILES string of the molecule is CC1CCN(c2cc(Br)ncn2)C1. The van der Waals surface area contributed by atoms with E-state index in [1.807, 2.05) is 6.07 Å². The second-order valence-electron chi connectivity index (χ2n) is 3.54. The van der Waals surface area contributed by atoms with Crippen molar-refractivity contribution < 1.29 is 0 Å². The fourth-order valence-corrected chi connectivity index (χ4v) is 1.94. The van der Waals surface area contributed by atoms with Crippen LogP contribution in [-0.2, 0) is 0 Å². The predicted molar refractivity (Wildman–Crippen MR) is 55.7 cm³/mol. The topological polar surface area (TPSA) is 29.0 Å². The molecule has 1 atom stereocenters. The molecule has 0 spiro atoms. The third-order valence-electron chi connectivity index (χ3n) is 2.37. The van der Waals surface area contributed by atoms with Crippen LogP contribution >= 0.6 is 15.9 Å². The van der Waals surface area contributed by atoms with Gasteiger partial charge in [0.05, 0.1) is 0 Å². The Kier molecular flexibility index (Phi) is 2.49. The van der Waals surface area contributed by atoms with Gasteiger partial charge in [-0.3, -0.25) is 0 Å². The first-order valence-electron chi connectivity index (χ1n) is 4.48. The molecule has 0 aromatic carbocycles. The molecule has 1 fully saturated rings. The number of anilines is 1. The summed E-state index contributed by atoms with van der Waals surface area (Å²) in [5, 5.41) is 0. The normalized spacial score (nSPS) is 22.3. The van der Waals surface area contributed by atoms with Crippen molar-refractivity contribution in [3.63, 3.8) is 0 Å². The van der Waals surface area contributed by atoms with E-state index in [1.165, 1.54) is 6.42 Å². The molecule has 1 aliphatic heterocycles. The number of rotatable bonds is 1. The van der Waals surface area contributed by atoms with E-state index in [0.29, 0.717) is 0 Å². The molecule has 2 rings (SSSR count). The molecule has 1 saturated heterocycles. The molecule has 1 aromatic rings. The first-order chi connectivity index (χ1) is 6.25. The van der Waals surface area contributed by atoms with Gasteiger partial charge in [-0.25, -0.2) is 9.97 Å². The van der Waals surface area contributed by atoms with Gasteiger partial charge in [-0.05, 0) is 28.3 Å². The number of nitrogens with zero attached hydrogens (tertiary/aromatic N) is 3. The zero-order chi connectivity index (χ0) is 9.26. The van der Waals surface area contributed by atoms with Crippen LogP contribution in [0.25, 0.3) is 0 Å². The Balaban J connectivity index is 2.16. The Bertz CT molecular complexity index is 303. The summed E-state index contributed by atoms with van der Waals surface area (Å²) >= 11 is 3.35. The number of hydrogen-bond donors (Lipinski definition) is 0. The molecule has 13 heavy (non-hydrogen) atoms. The van der Waals surface area contributed by atoms with Crippen molar-refractivity contribution in [3.8, 4) is 0 Å². The smallest absolute Gasteiger partial charge is 0.133 e. The van der Waals surface area contributed by atoms with Crippen molar-refractivity contribution >= 4 is 21.7 Å². The highest BCUT2D eigenvalue weighted by Gasteiger charge is 2.19. The molecular weight excluding hydrogens is 230 g/mol. The second kappa shape index (κ2) is 3.62. The predicted octanol–water partition coefficient (Wildman–Crippen LogP) is 2.09. The van der Waals surface area contributed by atoms with E-state index in [4.69, 9.17) is 0 Å². The summed E-state index contributed by atoms with van der Waals surface area (Å²) in [6.45, 7) is 4.50. The van der Waals surface area contributed by atoms with Gasteiger partial charge in [0, 0.05) is 19.2 Å². The van der Waals surface area contributed by atoms with Gasteiger partial charge in [0.15, 0.2) is 0 Å². The van der Waals surface area contributed by atoms with Gasteiger partial charge in [-0.1, -0.05) is 6.92 Å². The minimum absolute atomic E-state index is 0.786. The van der Waals surface area contributed by atoms with Gasteiger partial charge in [-0.15, -0.1) is 0 Å². The van der Waals surface area contributed by atoms with Crippen LogP contribution in [0.2, 0.25) is 0 Å². The molecule has 70 valence electrons. The second-order valence-corrected chi connectivity index (χ2v) is 4.35. The maximum Gasteiger partial charge on any atom is 0.133 e. The summed E-state index contributed by atoms with van der Waals surface area (Å²) in [6, 6.07) is 1.97. The van der Waals surface area contributed by atoms with Crippen molar-refractivity contribution in [3.05, 3.63) is 17.0 Å².